The van der Waals surface area contributed by atoms with Crippen molar-refractivity contribution in [2.24, 2.45) is 0 Å². The van der Waals surface area contributed by atoms with Gasteiger partial charge in [-0.2, -0.15) is 0 Å². The lowest BCUT2D eigenvalue weighted by molar-refractivity contribution is 0.355. The number of pyridine rings is 2. The zero-order valence-electron chi connectivity index (χ0n) is 15.9. The molecule has 4 heterocycles. The summed E-state index contributed by atoms with van der Waals surface area (Å²) in [6, 6.07) is 5.75. The fourth-order valence-electron chi connectivity index (χ4n) is 4.36. The number of methoxy groups -OCH3 is 2. The van der Waals surface area contributed by atoms with Crippen LogP contribution in [-0.4, -0.2) is 41.8 Å². The highest BCUT2D eigenvalue weighted by molar-refractivity contribution is 6.14. The Hall–Kier alpha value is -3.06. The number of aromatic nitrogens is 3. The first-order valence-electron chi connectivity index (χ1n) is 9.49. The van der Waals surface area contributed by atoms with Crippen LogP contribution >= 0.6 is 0 Å². The van der Waals surface area contributed by atoms with Crippen molar-refractivity contribution in [1.82, 2.24) is 19.9 Å². The number of nitrogens with one attached hydrogen (secondary N) is 2. The molecule has 2 N–H and O–H groups in total. The average molecular weight is 378 g/mol. The largest absolute Gasteiger partial charge is 0.493 e. The van der Waals surface area contributed by atoms with Crippen LogP contribution in [-0.2, 0) is 0 Å². The van der Waals surface area contributed by atoms with Crippen LogP contribution in [0.25, 0.3) is 32.7 Å². The summed E-state index contributed by atoms with van der Waals surface area (Å²) in [5, 5.41) is 6.77. The minimum absolute atomic E-state index is 0.00847. The number of piperidine rings is 1. The van der Waals surface area contributed by atoms with E-state index in [0.29, 0.717) is 16.9 Å². The van der Waals surface area contributed by atoms with Gasteiger partial charge >= 0.3 is 0 Å². The molecule has 0 aliphatic carbocycles. The van der Waals surface area contributed by atoms with Crippen LogP contribution in [0.3, 0.4) is 0 Å². The number of aromatic amines is 1. The maximum absolute atomic E-state index is 13.7. The Kier molecular flexibility index (Phi) is 3.98. The van der Waals surface area contributed by atoms with Crippen molar-refractivity contribution >= 4 is 32.7 Å². The van der Waals surface area contributed by atoms with Gasteiger partial charge in [-0.15, -0.1) is 0 Å². The second-order valence-electron chi connectivity index (χ2n) is 7.19. The van der Waals surface area contributed by atoms with Gasteiger partial charge < -0.3 is 24.3 Å². The van der Waals surface area contributed by atoms with Crippen LogP contribution in [0.5, 0.6) is 11.5 Å². The normalized spacial score (nSPS) is 17.4. The lowest BCUT2D eigenvalue weighted by atomic mass is 10.0. The molecule has 0 spiro atoms. The molecule has 0 saturated carbocycles. The van der Waals surface area contributed by atoms with Gasteiger partial charge in [-0.3, -0.25) is 4.79 Å². The molecule has 5 rings (SSSR count). The van der Waals surface area contributed by atoms with E-state index in [1.54, 1.807) is 20.3 Å². The second kappa shape index (κ2) is 6.53. The lowest BCUT2D eigenvalue weighted by Crippen LogP contribution is -2.36. The van der Waals surface area contributed by atoms with Gasteiger partial charge in [0.15, 0.2) is 11.5 Å². The highest BCUT2D eigenvalue weighted by atomic mass is 16.5. The quantitative estimate of drug-likeness (QED) is 0.536. The predicted molar refractivity (Wildman–Crippen MR) is 110 cm³/mol. The van der Waals surface area contributed by atoms with Gasteiger partial charge in [0, 0.05) is 41.1 Å². The fourth-order valence-corrected chi connectivity index (χ4v) is 4.36. The Morgan fingerprint density at radius 1 is 1.11 bits per heavy atom. The fraction of sp³-hybridized carbons (Fsp3) is 0.333. The monoisotopic (exact) mass is 378 g/mol. The van der Waals surface area contributed by atoms with Gasteiger partial charge in [0.2, 0.25) is 0 Å². The van der Waals surface area contributed by atoms with Gasteiger partial charge in [-0.05, 0) is 37.6 Å². The van der Waals surface area contributed by atoms with E-state index >= 15 is 0 Å². The van der Waals surface area contributed by atoms with Crippen molar-refractivity contribution in [1.29, 1.82) is 0 Å². The van der Waals surface area contributed by atoms with Crippen LogP contribution in [0.2, 0.25) is 0 Å². The van der Waals surface area contributed by atoms with Crippen molar-refractivity contribution in [3.8, 4) is 11.5 Å². The first-order valence-corrected chi connectivity index (χ1v) is 9.49. The maximum Gasteiger partial charge on any atom is 0.259 e. The highest BCUT2D eigenvalue weighted by Gasteiger charge is 2.23. The first-order chi connectivity index (χ1) is 13.7. The number of hydrogen-bond donors (Lipinski definition) is 2. The molecular weight excluding hydrogens is 356 g/mol. The molecule has 4 aromatic rings. The van der Waals surface area contributed by atoms with Crippen LogP contribution in [0.15, 0.2) is 35.4 Å². The molecule has 1 unspecified atom stereocenters. The molecule has 144 valence electrons. The molecule has 1 aromatic carbocycles. The van der Waals surface area contributed by atoms with E-state index in [4.69, 9.17) is 9.47 Å². The zero-order valence-corrected chi connectivity index (χ0v) is 15.9. The molecule has 0 radical (unpaired) electrons. The summed E-state index contributed by atoms with van der Waals surface area (Å²) in [7, 11) is 3.18. The molecule has 7 heteroatoms. The minimum Gasteiger partial charge on any atom is -0.493 e. The predicted octanol–water partition coefficient (Wildman–Crippen LogP) is 2.97. The van der Waals surface area contributed by atoms with E-state index in [9.17, 15) is 4.79 Å². The zero-order chi connectivity index (χ0) is 19.3. The highest BCUT2D eigenvalue weighted by Crippen LogP contribution is 2.36. The van der Waals surface area contributed by atoms with Crippen molar-refractivity contribution in [3.05, 3.63) is 40.9 Å². The molecule has 0 amide bonds. The summed E-state index contributed by atoms with van der Waals surface area (Å²) in [4.78, 5) is 21.4. The van der Waals surface area contributed by atoms with E-state index < -0.39 is 0 Å². The number of H-pyrrole nitrogens is 1. The molecule has 1 aliphatic heterocycles. The summed E-state index contributed by atoms with van der Waals surface area (Å²) < 4.78 is 12.9. The Labute approximate surface area is 161 Å². The van der Waals surface area contributed by atoms with Crippen LogP contribution in [0.4, 0.5) is 0 Å². The number of benzene rings is 1. The number of fused-ring (bicyclic) bond motifs is 5. The Morgan fingerprint density at radius 3 is 2.61 bits per heavy atom. The third-order valence-electron chi connectivity index (χ3n) is 5.70. The molecule has 7 nitrogen and oxygen atoms in total. The van der Waals surface area contributed by atoms with E-state index in [1.165, 1.54) is 0 Å². The molecule has 1 atom stereocenters. The van der Waals surface area contributed by atoms with Crippen LogP contribution in [0, 0.1) is 0 Å². The standard InChI is InChI=1S/C21H22N4O3/c1-27-17-8-14-15(9-18(17)28-2)21(26)25(12-4-3-6-22-10-12)19-13-5-7-23-20(13)24-11-16(14)19/h5,7-9,11-12,22H,3-4,6,10H2,1-2H3,(H,23,24). The summed E-state index contributed by atoms with van der Waals surface area (Å²) in [5.74, 6) is 1.15. The first kappa shape index (κ1) is 17.1. The van der Waals surface area contributed by atoms with E-state index in [2.05, 4.69) is 15.3 Å². The molecule has 1 fully saturated rings. The number of rotatable bonds is 3. The van der Waals surface area contributed by atoms with Gasteiger partial charge in [0.1, 0.15) is 5.65 Å². The summed E-state index contributed by atoms with van der Waals surface area (Å²) >= 11 is 0. The van der Waals surface area contributed by atoms with Gasteiger partial charge in [-0.1, -0.05) is 0 Å². The maximum atomic E-state index is 13.7. The number of hydrogen-bond acceptors (Lipinski definition) is 5. The molecule has 1 aliphatic rings. The Bertz CT molecular complexity index is 1250. The van der Waals surface area contributed by atoms with Gasteiger partial charge in [0.25, 0.3) is 5.56 Å². The van der Waals surface area contributed by atoms with Crippen molar-refractivity contribution in [2.75, 3.05) is 27.3 Å². The van der Waals surface area contributed by atoms with E-state index in [-0.39, 0.29) is 11.6 Å². The van der Waals surface area contributed by atoms with Gasteiger partial charge in [0.05, 0.1) is 25.1 Å². The smallest absolute Gasteiger partial charge is 0.259 e. The van der Waals surface area contributed by atoms with E-state index in [0.717, 1.165) is 53.3 Å². The summed E-state index contributed by atoms with van der Waals surface area (Å²) in [6.45, 7) is 1.77. The van der Waals surface area contributed by atoms with Crippen LogP contribution in [0.1, 0.15) is 18.9 Å². The molecule has 0 bridgehead atoms. The second-order valence-corrected chi connectivity index (χ2v) is 7.19. The molecule has 1 saturated heterocycles. The SMILES string of the molecule is COc1cc2c(=O)n(C3CCCNC3)c3c4cc[nH]c4ncc3c2cc1OC. The average Bonchev–Trinajstić information content (AvgIpc) is 3.23. The topological polar surface area (TPSA) is 81.2 Å². The van der Waals surface area contributed by atoms with Crippen molar-refractivity contribution < 1.29 is 9.47 Å². The number of ether oxygens (including phenoxy) is 2. The Balaban J connectivity index is 1.98. The third kappa shape index (κ3) is 2.39. The van der Waals surface area contributed by atoms with Crippen molar-refractivity contribution in [3.63, 3.8) is 0 Å². The Morgan fingerprint density at radius 2 is 1.89 bits per heavy atom. The van der Waals surface area contributed by atoms with Crippen molar-refractivity contribution in [2.45, 2.75) is 18.9 Å². The van der Waals surface area contributed by atoms with Crippen LogP contribution < -0.4 is 20.3 Å². The summed E-state index contributed by atoms with van der Waals surface area (Å²) in [6.07, 6.45) is 5.72. The number of nitrogens with zero attached hydrogens (tertiary/aromatic N) is 2. The molecular formula is C21H22N4O3. The lowest BCUT2D eigenvalue weighted by Gasteiger charge is -2.27. The van der Waals surface area contributed by atoms with Gasteiger partial charge in [-0.25, -0.2) is 4.98 Å². The molecule has 3 aromatic heterocycles. The molecule has 28 heavy (non-hydrogen) atoms. The van der Waals surface area contributed by atoms with E-state index in [1.807, 2.05) is 29.1 Å². The minimum atomic E-state index is -0.00847. The summed E-state index contributed by atoms with van der Waals surface area (Å²) in [5.41, 5.74) is 1.69. The third-order valence-corrected chi connectivity index (χ3v) is 5.70.